The van der Waals surface area contributed by atoms with Crippen LogP contribution in [0.25, 0.3) is 0 Å². The van der Waals surface area contributed by atoms with E-state index in [9.17, 15) is 4.79 Å². The molecule has 3 nitrogen and oxygen atoms in total. The number of carbonyl (C=O) groups is 1. The number of rotatable bonds is 3. The maximum absolute atomic E-state index is 12.7. The van der Waals surface area contributed by atoms with Crippen molar-refractivity contribution in [1.29, 1.82) is 0 Å². The van der Waals surface area contributed by atoms with Crippen molar-refractivity contribution in [1.82, 2.24) is 10.2 Å². The normalized spacial score (nSPS) is 26.0. The van der Waals surface area contributed by atoms with Crippen molar-refractivity contribution in [2.24, 2.45) is 11.3 Å². The van der Waals surface area contributed by atoms with Crippen molar-refractivity contribution in [3.63, 3.8) is 0 Å². The van der Waals surface area contributed by atoms with Crippen LogP contribution in [-0.2, 0) is 17.8 Å². The molecular weight excluding hydrogens is 260 g/mol. The summed E-state index contributed by atoms with van der Waals surface area (Å²) in [6.07, 6.45) is 3.10. The lowest BCUT2D eigenvalue weighted by Gasteiger charge is -2.26. The Labute approximate surface area is 127 Å². The van der Waals surface area contributed by atoms with Gasteiger partial charge in [-0.1, -0.05) is 38.1 Å². The molecule has 0 aliphatic carbocycles. The van der Waals surface area contributed by atoms with Crippen LogP contribution >= 0.6 is 0 Å². The van der Waals surface area contributed by atoms with Crippen LogP contribution in [0.1, 0.15) is 37.8 Å². The van der Waals surface area contributed by atoms with E-state index in [4.69, 9.17) is 0 Å². The molecule has 3 heteroatoms. The van der Waals surface area contributed by atoms with E-state index >= 15 is 0 Å². The van der Waals surface area contributed by atoms with E-state index in [0.717, 1.165) is 38.4 Å². The standard InChI is InChI=1S/C18H26N2O/c1-14(2)7-9-20-10-8-18(13-20)11-15-5-3-4-6-16(15)12-19-17(18)21/h3-6,14H,7-13H2,1-2H3,(H,19,21). The highest BCUT2D eigenvalue weighted by Gasteiger charge is 2.45. The number of fused-ring (bicyclic) bond motifs is 1. The Kier molecular flexibility index (Phi) is 4.03. The number of carbonyl (C=O) groups excluding carboxylic acids is 1. The molecule has 2 heterocycles. The second-order valence-electron chi connectivity index (χ2n) is 7.12. The van der Waals surface area contributed by atoms with Gasteiger partial charge in [0, 0.05) is 13.1 Å². The molecule has 1 fully saturated rings. The number of likely N-dealkylation sites (tertiary alicyclic amines) is 1. The van der Waals surface area contributed by atoms with Gasteiger partial charge >= 0.3 is 0 Å². The van der Waals surface area contributed by atoms with Crippen molar-refractivity contribution in [3.8, 4) is 0 Å². The molecule has 1 unspecified atom stereocenters. The molecule has 2 aliphatic rings. The summed E-state index contributed by atoms with van der Waals surface area (Å²) in [7, 11) is 0. The summed E-state index contributed by atoms with van der Waals surface area (Å²) in [5.41, 5.74) is 2.42. The summed E-state index contributed by atoms with van der Waals surface area (Å²) in [5.74, 6) is 0.982. The number of nitrogens with one attached hydrogen (secondary N) is 1. The topological polar surface area (TPSA) is 32.3 Å². The van der Waals surface area contributed by atoms with Gasteiger partial charge in [0.05, 0.1) is 5.41 Å². The number of hydrogen-bond acceptors (Lipinski definition) is 2. The molecule has 0 radical (unpaired) electrons. The molecule has 21 heavy (non-hydrogen) atoms. The fourth-order valence-electron chi connectivity index (χ4n) is 3.63. The first kappa shape index (κ1) is 14.6. The third kappa shape index (κ3) is 2.98. The van der Waals surface area contributed by atoms with Crippen LogP contribution in [0.15, 0.2) is 24.3 Å². The fourth-order valence-corrected chi connectivity index (χ4v) is 3.63. The zero-order chi connectivity index (χ0) is 14.9. The minimum absolute atomic E-state index is 0.205. The molecular formula is C18H26N2O. The smallest absolute Gasteiger partial charge is 0.228 e. The summed E-state index contributed by atoms with van der Waals surface area (Å²) in [4.78, 5) is 15.1. The lowest BCUT2D eigenvalue weighted by molar-refractivity contribution is -0.130. The van der Waals surface area contributed by atoms with Gasteiger partial charge in [-0.15, -0.1) is 0 Å². The SMILES string of the molecule is CC(C)CCN1CCC2(Cc3ccccc3CNC2=O)C1. The molecule has 0 aromatic heterocycles. The van der Waals surface area contributed by atoms with E-state index in [1.807, 2.05) is 0 Å². The van der Waals surface area contributed by atoms with Crippen LogP contribution in [0.5, 0.6) is 0 Å². The molecule has 1 saturated heterocycles. The first-order valence-corrected chi connectivity index (χ1v) is 8.16. The van der Waals surface area contributed by atoms with Crippen molar-refractivity contribution in [2.45, 2.75) is 39.7 Å². The quantitative estimate of drug-likeness (QED) is 0.926. The van der Waals surface area contributed by atoms with Gasteiger partial charge in [0.25, 0.3) is 0 Å². The highest BCUT2D eigenvalue weighted by molar-refractivity contribution is 5.84. The molecule has 114 valence electrons. The Bertz CT molecular complexity index is 526. The number of hydrogen-bond donors (Lipinski definition) is 1. The Morgan fingerprint density at radius 3 is 2.81 bits per heavy atom. The van der Waals surface area contributed by atoms with Crippen molar-refractivity contribution in [2.75, 3.05) is 19.6 Å². The van der Waals surface area contributed by atoms with Gasteiger partial charge in [-0.25, -0.2) is 0 Å². The van der Waals surface area contributed by atoms with Crippen LogP contribution in [0.4, 0.5) is 0 Å². The van der Waals surface area contributed by atoms with E-state index in [0.29, 0.717) is 6.54 Å². The maximum Gasteiger partial charge on any atom is 0.228 e. The van der Waals surface area contributed by atoms with Gasteiger partial charge in [-0.2, -0.15) is 0 Å². The van der Waals surface area contributed by atoms with Gasteiger partial charge in [0.2, 0.25) is 5.91 Å². The molecule has 1 spiro atoms. The van der Waals surface area contributed by atoms with E-state index in [-0.39, 0.29) is 11.3 Å². The maximum atomic E-state index is 12.7. The molecule has 1 atom stereocenters. The lowest BCUT2D eigenvalue weighted by atomic mass is 9.80. The van der Waals surface area contributed by atoms with Gasteiger partial charge in [-0.05, 0) is 49.4 Å². The minimum atomic E-state index is -0.205. The van der Waals surface area contributed by atoms with Gasteiger partial charge in [-0.3, -0.25) is 4.79 Å². The van der Waals surface area contributed by atoms with Crippen LogP contribution in [0, 0.1) is 11.3 Å². The summed E-state index contributed by atoms with van der Waals surface area (Å²) in [6, 6.07) is 8.48. The summed E-state index contributed by atoms with van der Waals surface area (Å²) >= 11 is 0. The largest absolute Gasteiger partial charge is 0.351 e. The second-order valence-corrected chi connectivity index (χ2v) is 7.12. The number of amides is 1. The number of benzene rings is 1. The Morgan fingerprint density at radius 2 is 2.05 bits per heavy atom. The predicted molar refractivity (Wildman–Crippen MR) is 84.9 cm³/mol. The monoisotopic (exact) mass is 286 g/mol. The van der Waals surface area contributed by atoms with Crippen LogP contribution in [0.3, 0.4) is 0 Å². The molecule has 1 amide bonds. The highest BCUT2D eigenvalue weighted by Crippen LogP contribution is 2.37. The van der Waals surface area contributed by atoms with Crippen molar-refractivity contribution < 1.29 is 4.79 Å². The molecule has 1 aromatic carbocycles. The first-order valence-electron chi connectivity index (χ1n) is 8.16. The fraction of sp³-hybridized carbons (Fsp3) is 0.611. The third-order valence-corrected chi connectivity index (χ3v) is 5.02. The van der Waals surface area contributed by atoms with E-state index < -0.39 is 0 Å². The molecule has 1 aromatic rings. The molecule has 2 aliphatic heterocycles. The van der Waals surface area contributed by atoms with E-state index in [2.05, 4.69) is 48.3 Å². The lowest BCUT2D eigenvalue weighted by Crippen LogP contribution is -2.42. The van der Waals surface area contributed by atoms with Crippen molar-refractivity contribution >= 4 is 5.91 Å². The summed E-state index contributed by atoms with van der Waals surface area (Å²) in [6.45, 7) is 8.31. The first-order chi connectivity index (χ1) is 10.1. The van der Waals surface area contributed by atoms with Gasteiger partial charge in [0.15, 0.2) is 0 Å². The van der Waals surface area contributed by atoms with Crippen LogP contribution in [0.2, 0.25) is 0 Å². The van der Waals surface area contributed by atoms with E-state index in [1.54, 1.807) is 0 Å². The molecule has 3 rings (SSSR count). The van der Waals surface area contributed by atoms with E-state index in [1.165, 1.54) is 17.5 Å². The predicted octanol–water partition coefficient (Wildman–Crippen LogP) is 2.60. The third-order valence-electron chi connectivity index (χ3n) is 5.02. The van der Waals surface area contributed by atoms with Gasteiger partial charge < -0.3 is 10.2 Å². The Hall–Kier alpha value is -1.35. The highest BCUT2D eigenvalue weighted by atomic mass is 16.2. The Balaban J connectivity index is 1.76. The zero-order valence-electron chi connectivity index (χ0n) is 13.2. The molecule has 0 bridgehead atoms. The number of nitrogens with zero attached hydrogens (tertiary/aromatic N) is 1. The summed E-state index contributed by atoms with van der Waals surface area (Å²) < 4.78 is 0. The minimum Gasteiger partial charge on any atom is -0.351 e. The molecule has 0 saturated carbocycles. The average Bonchev–Trinajstić information content (AvgIpc) is 2.82. The van der Waals surface area contributed by atoms with Gasteiger partial charge in [0.1, 0.15) is 0 Å². The Morgan fingerprint density at radius 1 is 1.29 bits per heavy atom. The molecule has 1 N–H and O–H groups in total. The second kappa shape index (κ2) is 5.80. The average molecular weight is 286 g/mol. The van der Waals surface area contributed by atoms with Crippen LogP contribution < -0.4 is 5.32 Å². The van der Waals surface area contributed by atoms with Crippen molar-refractivity contribution in [3.05, 3.63) is 35.4 Å². The summed E-state index contributed by atoms with van der Waals surface area (Å²) in [5, 5.41) is 3.15. The van der Waals surface area contributed by atoms with Crippen LogP contribution in [-0.4, -0.2) is 30.4 Å². The zero-order valence-corrected chi connectivity index (χ0v) is 13.2.